The lowest BCUT2D eigenvalue weighted by Crippen LogP contribution is -2.25. The van der Waals surface area contributed by atoms with Gasteiger partial charge in [-0.15, -0.1) is 0 Å². The Morgan fingerprint density at radius 3 is 2.89 bits per heavy atom. The quantitative estimate of drug-likeness (QED) is 0.693. The third kappa shape index (κ3) is 3.85. The SMILES string of the molecule is NC(=O)Oc1cccc2[nH]c(-c3cnccc3OCCN3CCCC3)nc12. The highest BCUT2D eigenvalue weighted by molar-refractivity contribution is 5.87. The van der Waals surface area contributed by atoms with E-state index in [2.05, 4.69) is 19.9 Å². The van der Waals surface area contributed by atoms with Crippen LogP contribution in [0.15, 0.2) is 36.7 Å². The highest BCUT2D eigenvalue weighted by Crippen LogP contribution is 2.31. The van der Waals surface area contributed by atoms with Crippen LogP contribution in [0.5, 0.6) is 11.5 Å². The lowest BCUT2D eigenvalue weighted by atomic mass is 10.2. The Balaban J connectivity index is 1.58. The average molecular weight is 367 g/mol. The Hall–Kier alpha value is -3.13. The zero-order valence-electron chi connectivity index (χ0n) is 14.9. The number of aromatic nitrogens is 3. The van der Waals surface area contributed by atoms with Crippen molar-refractivity contribution in [2.45, 2.75) is 12.8 Å². The van der Waals surface area contributed by atoms with E-state index in [1.807, 2.05) is 12.1 Å². The fraction of sp³-hybridized carbons (Fsp3) is 0.316. The van der Waals surface area contributed by atoms with Gasteiger partial charge >= 0.3 is 6.09 Å². The summed E-state index contributed by atoms with van der Waals surface area (Å²) in [5.41, 5.74) is 7.14. The van der Waals surface area contributed by atoms with E-state index in [-0.39, 0.29) is 0 Å². The second-order valence-electron chi connectivity index (χ2n) is 6.43. The Bertz CT molecular complexity index is 949. The molecule has 3 heterocycles. The number of nitrogens with one attached hydrogen (secondary N) is 1. The van der Waals surface area contributed by atoms with Crippen LogP contribution >= 0.6 is 0 Å². The molecule has 27 heavy (non-hydrogen) atoms. The summed E-state index contributed by atoms with van der Waals surface area (Å²) in [6, 6.07) is 7.09. The first-order valence-corrected chi connectivity index (χ1v) is 8.96. The Morgan fingerprint density at radius 2 is 2.07 bits per heavy atom. The molecule has 0 radical (unpaired) electrons. The van der Waals surface area contributed by atoms with Crippen LogP contribution < -0.4 is 15.2 Å². The van der Waals surface area contributed by atoms with E-state index in [1.54, 1.807) is 24.5 Å². The van der Waals surface area contributed by atoms with Crippen molar-refractivity contribution >= 4 is 17.1 Å². The van der Waals surface area contributed by atoms with Crippen LogP contribution in [0.25, 0.3) is 22.4 Å². The number of nitrogens with zero attached hydrogens (tertiary/aromatic N) is 3. The van der Waals surface area contributed by atoms with Crippen molar-refractivity contribution in [2.75, 3.05) is 26.2 Å². The van der Waals surface area contributed by atoms with Crippen LogP contribution in [-0.4, -0.2) is 52.2 Å². The summed E-state index contributed by atoms with van der Waals surface area (Å²) in [6.45, 7) is 3.78. The molecule has 1 aliphatic rings. The number of fused-ring (bicyclic) bond motifs is 1. The molecule has 4 rings (SSSR count). The largest absolute Gasteiger partial charge is 0.491 e. The van der Waals surface area contributed by atoms with E-state index in [9.17, 15) is 4.79 Å². The van der Waals surface area contributed by atoms with Crippen molar-refractivity contribution in [1.82, 2.24) is 19.9 Å². The van der Waals surface area contributed by atoms with Crippen LogP contribution in [0, 0.1) is 0 Å². The number of carbonyl (C=O) groups excluding carboxylic acids is 1. The van der Waals surface area contributed by atoms with E-state index in [4.69, 9.17) is 15.2 Å². The van der Waals surface area contributed by atoms with E-state index in [1.165, 1.54) is 12.8 Å². The van der Waals surface area contributed by atoms with Gasteiger partial charge in [0, 0.05) is 18.9 Å². The molecule has 2 aromatic heterocycles. The zero-order chi connectivity index (χ0) is 18.6. The van der Waals surface area contributed by atoms with E-state index >= 15 is 0 Å². The van der Waals surface area contributed by atoms with Crippen molar-refractivity contribution in [2.24, 2.45) is 5.73 Å². The molecule has 1 saturated heterocycles. The maximum atomic E-state index is 11.1. The number of H-pyrrole nitrogens is 1. The van der Waals surface area contributed by atoms with Crippen LogP contribution in [-0.2, 0) is 0 Å². The van der Waals surface area contributed by atoms with Gasteiger partial charge in [0.05, 0.1) is 11.1 Å². The number of nitrogens with two attached hydrogens (primary N) is 1. The topological polar surface area (TPSA) is 106 Å². The standard InChI is InChI=1S/C19H21N5O3/c20-19(25)27-16-5-3-4-14-17(16)23-18(22-14)13-12-21-7-6-15(13)26-11-10-24-8-1-2-9-24/h3-7,12H,1-2,8-11H2,(H2,20,25)(H,22,23). The molecule has 0 aliphatic carbocycles. The molecule has 3 aromatic rings. The number of amides is 1. The number of carbonyl (C=O) groups is 1. The molecule has 0 spiro atoms. The normalized spacial score (nSPS) is 14.5. The van der Waals surface area contributed by atoms with Gasteiger partial charge in [0.1, 0.15) is 23.7 Å². The molecule has 1 fully saturated rings. The minimum atomic E-state index is -0.876. The van der Waals surface area contributed by atoms with Crippen molar-refractivity contribution in [3.63, 3.8) is 0 Å². The Labute approximate surface area is 156 Å². The summed E-state index contributed by atoms with van der Waals surface area (Å²) in [4.78, 5) is 25.5. The van der Waals surface area contributed by atoms with Crippen LogP contribution in [0.3, 0.4) is 0 Å². The molecule has 1 aliphatic heterocycles. The molecule has 0 saturated carbocycles. The summed E-state index contributed by atoms with van der Waals surface area (Å²) in [5, 5.41) is 0. The predicted molar refractivity (Wildman–Crippen MR) is 101 cm³/mol. The Kier molecular flexibility index (Phi) is 4.88. The van der Waals surface area contributed by atoms with Crippen molar-refractivity contribution < 1.29 is 14.3 Å². The summed E-state index contributed by atoms with van der Waals surface area (Å²) < 4.78 is 11.0. The first kappa shape index (κ1) is 17.3. The maximum absolute atomic E-state index is 11.1. The number of pyridine rings is 1. The predicted octanol–water partition coefficient (Wildman–Crippen LogP) is 2.56. The molecule has 140 valence electrons. The summed E-state index contributed by atoms with van der Waals surface area (Å²) in [7, 11) is 0. The first-order valence-electron chi connectivity index (χ1n) is 8.96. The summed E-state index contributed by atoms with van der Waals surface area (Å²) in [6.07, 6.45) is 5.04. The number of imidazole rings is 1. The lowest BCUT2D eigenvalue weighted by Gasteiger charge is -2.15. The number of rotatable bonds is 6. The number of hydrogen-bond acceptors (Lipinski definition) is 6. The maximum Gasteiger partial charge on any atom is 0.410 e. The molecular weight excluding hydrogens is 346 g/mol. The fourth-order valence-corrected chi connectivity index (χ4v) is 3.30. The number of aromatic amines is 1. The second kappa shape index (κ2) is 7.63. The molecule has 8 heteroatoms. The van der Waals surface area contributed by atoms with Gasteiger partial charge in [-0.1, -0.05) is 6.07 Å². The van der Waals surface area contributed by atoms with Gasteiger partial charge in [-0.25, -0.2) is 9.78 Å². The molecular formula is C19H21N5O3. The van der Waals surface area contributed by atoms with Gasteiger partial charge in [0.25, 0.3) is 0 Å². The first-order chi connectivity index (χ1) is 13.2. The summed E-state index contributed by atoms with van der Waals surface area (Å²) >= 11 is 0. The fourth-order valence-electron chi connectivity index (χ4n) is 3.30. The van der Waals surface area contributed by atoms with Crippen LogP contribution in [0.1, 0.15) is 12.8 Å². The molecule has 0 atom stereocenters. The summed E-state index contributed by atoms with van der Waals surface area (Å²) in [5.74, 6) is 1.61. The molecule has 0 bridgehead atoms. The number of para-hydroxylation sites is 1. The molecule has 1 amide bonds. The van der Waals surface area contributed by atoms with Crippen molar-refractivity contribution in [3.8, 4) is 22.9 Å². The highest BCUT2D eigenvalue weighted by atomic mass is 16.5. The van der Waals surface area contributed by atoms with Crippen molar-refractivity contribution in [3.05, 3.63) is 36.7 Å². The minimum Gasteiger partial charge on any atom is -0.491 e. The smallest absolute Gasteiger partial charge is 0.410 e. The second-order valence-corrected chi connectivity index (χ2v) is 6.43. The average Bonchev–Trinajstić information content (AvgIpc) is 3.32. The van der Waals surface area contributed by atoms with Gasteiger partial charge in [0.15, 0.2) is 5.75 Å². The number of ether oxygens (including phenoxy) is 2. The van der Waals surface area contributed by atoms with Crippen LogP contribution in [0.2, 0.25) is 0 Å². The van der Waals surface area contributed by atoms with Gasteiger partial charge in [-0.05, 0) is 44.1 Å². The third-order valence-electron chi connectivity index (χ3n) is 4.59. The number of likely N-dealkylation sites (tertiary alicyclic amines) is 1. The van der Waals surface area contributed by atoms with Gasteiger partial charge in [0.2, 0.25) is 0 Å². The number of benzene rings is 1. The number of hydrogen-bond donors (Lipinski definition) is 2. The van der Waals surface area contributed by atoms with Gasteiger partial charge in [-0.2, -0.15) is 0 Å². The van der Waals surface area contributed by atoms with Gasteiger partial charge < -0.3 is 20.2 Å². The third-order valence-corrected chi connectivity index (χ3v) is 4.59. The van der Waals surface area contributed by atoms with E-state index < -0.39 is 6.09 Å². The van der Waals surface area contributed by atoms with Gasteiger partial charge in [-0.3, -0.25) is 9.88 Å². The molecule has 8 nitrogen and oxygen atoms in total. The van der Waals surface area contributed by atoms with E-state index in [0.717, 1.165) is 30.7 Å². The molecule has 1 aromatic carbocycles. The monoisotopic (exact) mass is 367 g/mol. The zero-order valence-corrected chi connectivity index (χ0v) is 14.9. The molecule has 0 unspecified atom stereocenters. The van der Waals surface area contributed by atoms with Crippen LogP contribution in [0.4, 0.5) is 4.79 Å². The molecule has 3 N–H and O–H groups in total. The van der Waals surface area contributed by atoms with Crippen molar-refractivity contribution in [1.29, 1.82) is 0 Å². The number of primary amides is 1. The van der Waals surface area contributed by atoms with E-state index in [0.29, 0.717) is 29.4 Å². The highest BCUT2D eigenvalue weighted by Gasteiger charge is 2.16. The lowest BCUT2D eigenvalue weighted by molar-refractivity contribution is 0.211. The minimum absolute atomic E-state index is 0.308. The Morgan fingerprint density at radius 1 is 1.22 bits per heavy atom.